The summed E-state index contributed by atoms with van der Waals surface area (Å²) in [7, 11) is 0. The van der Waals surface area contributed by atoms with Gasteiger partial charge < -0.3 is 15.2 Å². The minimum absolute atomic E-state index is 0.135. The number of unbranched alkanes of at least 4 members (excludes halogenated alkanes) is 4. The van der Waals surface area contributed by atoms with E-state index in [0.29, 0.717) is 6.42 Å². The first kappa shape index (κ1) is 22.2. The Labute approximate surface area is 146 Å². The molecule has 2 N–H and O–H groups in total. The van der Waals surface area contributed by atoms with Gasteiger partial charge in [0.25, 0.3) is 0 Å². The third-order valence-corrected chi connectivity index (χ3v) is 3.85. The van der Waals surface area contributed by atoms with Crippen molar-refractivity contribution in [1.29, 1.82) is 0 Å². The average molecular weight is 339 g/mol. The summed E-state index contributed by atoms with van der Waals surface area (Å²) in [5, 5.41) is 11.7. The topological polar surface area (TPSA) is 75.6 Å². The van der Waals surface area contributed by atoms with E-state index in [9.17, 15) is 14.7 Å². The molecule has 0 aromatic rings. The van der Waals surface area contributed by atoms with Gasteiger partial charge in [-0.2, -0.15) is 0 Å². The number of alkyl carbamates (subject to hydrolysis) is 1. The van der Waals surface area contributed by atoms with Gasteiger partial charge in [0.1, 0.15) is 6.04 Å². The molecule has 0 aromatic heterocycles. The molecule has 0 bridgehead atoms. The van der Waals surface area contributed by atoms with Crippen LogP contribution in [-0.4, -0.2) is 29.8 Å². The molecule has 0 fully saturated rings. The van der Waals surface area contributed by atoms with Gasteiger partial charge in [-0.1, -0.05) is 38.8 Å². The van der Waals surface area contributed by atoms with E-state index in [2.05, 4.69) is 18.5 Å². The van der Waals surface area contributed by atoms with Crippen LogP contribution in [0.5, 0.6) is 0 Å². The number of ether oxygens (including phenoxy) is 1. The fourth-order valence-electron chi connectivity index (χ4n) is 2.31. The van der Waals surface area contributed by atoms with E-state index < -0.39 is 18.1 Å². The minimum atomic E-state index is -1.03. The summed E-state index contributed by atoms with van der Waals surface area (Å²) in [4.78, 5) is 23.1. The predicted molar refractivity (Wildman–Crippen MR) is 97.0 cm³/mol. The number of carbonyl (C=O) groups is 2. The van der Waals surface area contributed by atoms with Crippen molar-refractivity contribution in [3.05, 3.63) is 25.3 Å². The Bertz CT molecular complexity index is 404. The second-order valence-corrected chi connectivity index (χ2v) is 6.88. The highest BCUT2D eigenvalue weighted by molar-refractivity contribution is 5.79. The van der Waals surface area contributed by atoms with Gasteiger partial charge in [-0.3, -0.25) is 0 Å². The van der Waals surface area contributed by atoms with Gasteiger partial charge in [0.05, 0.1) is 6.61 Å². The van der Waals surface area contributed by atoms with Gasteiger partial charge in [0.2, 0.25) is 0 Å². The maximum Gasteiger partial charge on any atom is 0.407 e. The molecule has 0 aliphatic rings. The van der Waals surface area contributed by atoms with E-state index in [0.717, 1.165) is 44.9 Å². The van der Waals surface area contributed by atoms with Gasteiger partial charge in [0, 0.05) is 0 Å². The van der Waals surface area contributed by atoms with E-state index in [1.807, 2.05) is 26.0 Å². The predicted octanol–water partition coefficient (Wildman–Crippen LogP) is 4.68. The van der Waals surface area contributed by atoms with Gasteiger partial charge in [-0.25, -0.2) is 9.59 Å². The first-order chi connectivity index (χ1) is 11.3. The summed E-state index contributed by atoms with van der Waals surface area (Å²) in [6, 6.07) is -0.898. The van der Waals surface area contributed by atoms with Crippen molar-refractivity contribution < 1.29 is 19.4 Å². The van der Waals surface area contributed by atoms with Crippen LogP contribution in [0, 0.1) is 5.41 Å². The molecule has 1 amide bonds. The molecule has 0 aromatic carbocycles. The van der Waals surface area contributed by atoms with Gasteiger partial charge in [0.15, 0.2) is 0 Å². The molecule has 0 rings (SSSR count). The molecular formula is C19H33NO4. The van der Waals surface area contributed by atoms with Crippen LogP contribution in [0.25, 0.3) is 0 Å². The van der Waals surface area contributed by atoms with Crippen LogP contribution in [0.1, 0.15) is 65.2 Å². The Balaban J connectivity index is 4.15. The summed E-state index contributed by atoms with van der Waals surface area (Å²) in [6.07, 6.45) is 9.88. The summed E-state index contributed by atoms with van der Waals surface area (Å²) in [5.41, 5.74) is -0.135. The average Bonchev–Trinajstić information content (AvgIpc) is 2.51. The van der Waals surface area contributed by atoms with Crippen LogP contribution in [0.3, 0.4) is 0 Å². The number of carbonyl (C=O) groups excluding carboxylic acids is 1. The standard InChI is InChI=1S/C19H33NO4/c1-5-7-9-10-11-13-16(17(21)22)20-18(23)24-15-19(3,4)14-12-8-6-2/h5-6,16H,1-2,7-15H2,3-4H3,(H,20,23)(H,21,22)/t16-/m0/s1. The molecule has 0 radical (unpaired) electrons. The van der Waals surface area contributed by atoms with Crippen LogP contribution in [-0.2, 0) is 9.53 Å². The normalized spacial score (nSPS) is 12.2. The highest BCUT2D eigenvalue weighted by Gasteiger charge is 2.23. The lowest BCUT2D eigenvalue weighted by Gasteiger charge is -2.24. The van der Waals surface area contributed by atoms with Gasteiger partial charge >= 0.3 is 12.1 Å². The van der Waals surface area contributed by atoms with E-state index in [1.54, 1.807) is 0 Å². The lowest BCUT2D eigenvalue weighted by Crippen LogP contribution is -2.42. The first-order valence-electron chi connectivity index (χ1n) is 8.70. The lowest BCUT2D eigenvalue weighted by atomic mass is 9.88. The quantitative estimate of drug-likeness (QED) is 0.356. The lowest BCUT2D eigenvalue weighted by molar-refractivity contribution is -0.139. The second kappa shape index (κ2) is 12.6. The number of aliphatic carboxylic acids is 1. The molecule has 0 aliphatic carbocycles. The van der Waals surface area contributed by atoms with Crippen LogP contribution in [0.2, 0.25) is 0 Å². The molecule has 0 saturated carbocycles. The summed E-state index contributed by atoms with van der Waals surface area (Å²) in [5.74, 6) is -1.03. The zero-order chi connectivity index (χ0) is 18.4. The molecule has 5 nitrogen and oxygen atoms in total. The van der Waals surface area contributed by atoms with E-state index in [1.165, 1.54) is 0 Å². The number of rotatable bonds is 14. The Morgan fingerprint density at radius 2 is 1.75 bits per heavy atom. The number of hydrogen-bond acceptors (Lipinski definition) is 3. The molecule has 0 saturated heterocycles. The van der Waals surface area contributed by atoms with E-state index in [-0.39, 0.29) is 12.0 Å². The van der Waals surface area contributed by atoms with Crippen molar-refractivity contribution >= 4 is 12.1 Å². The first-order valence-corrected chi connectivity index (χ1v) is 8.70. The van der Waals surface area contributed by atoms with Crippen molar-refractivity contribution in [3.8, 4) is 0 Å². The van der Waals surface area contributed by atoms with Crippen LogP contribution < -0.4 is 5.32 Å². The molecule has 0 heterocycles. The molecule has 0 spiro atoms. The smallest absolute Gasteiger partial charge is 0.407 e. The third kappa shape index (κ3) is 11.7. The highest BCUT2D eigenvalue weighted by atomic mass is 16.5. The molecule has 0 aliphatic heterocycles. The van der Waals surface area contributed by atoms with Crippen molar-refractivity contribution in [3.63, 3.8) is 0 Å². The van der Waals surface area contributed by atoms with E-state index in [4.69, 9.17) is 4.74 Å². The highest BCUT2D eigenvalue weighted by Crippen LogP contribution is 2.23. The Morgan fingerprint density at radius 1 is 1.12 bits per heavy atom. The van der Waals surface area contributed by atoms with Gasteiger partial charge in [-0.05, 0) is 43.9 Å². The molecule has 138 valence electrons. The number of carboxylic acids is 1. The maximum atomic E-state index is 11.8. The van der Waals surface area contributed by atoms with Crippen LogP contribution >= 0.6 is 0 Å². The fraction of sp³-hybridized carbons (Fsp3) is 0.684. The minimum Gasteiger partial charge on any atom is -0.480 e. The van der Waals surface area contributed by atoms with Crippen molar-refractivity contribution in [2.24, 2.45) is 5.41 Å². The zero-order valence-corrected chi connectivity index (χ0v) is 15.2. The van der Waals surface area contributed by atoms with Crippen molar-refractivity contribution in [2.75, 3.05) is 6.61 Å². The Kier molecular flexibility index (Phi) is 11.7. The second-order valence-electron chi connectivity index (χ2n) is 6.88. The molecule has 24 heavy (non-hydrogen) atoms. The van der Waals surface area contributed by atoms with E-state index >= 15 is 0 Å². The number of amides is 1. The summed E-state index contributed by atoms with van der Waals surface area (Å²) >= 11 is 0. The van der Waals surface area contributed by atoms with Crippen LogP contribution in [0.15, 0.2) is 25.3 Å². The van der Waals surface area contributed by atoms with Crippen LogP contribution in [0.4, 0.5) is 4.79 Å². The largest absolute Gasteiger partial charge is 0.480 e. The third-order valence-electron chi connectivity index (χ3n) is 3.85. The molecule has 0 unspecified atom stereocenters. The van der Waals surface area contributed by atoms with Gasteiger partial charge in [-0.15, -0.1) is 13.2 Å². The number of carboxylic acid groups (broad SMARTS) is 1. The summed E-state index contributed by atoms with van der Waals surface area (Å²) < 4.78 is 5.21. The molecular weight excluding hydrogens is 306 g/mol. The number of hydrogen-bond donors (Lipinski definition) is 2. The monoisotopic (exact) mass is 339 g/mol. The maximum absolute atomic E-state index is 11.8. The Hall–Kier alpha value is -1.78. The summed E-state index contributed by atoms with van der Waals surface area (Å²) in [6.45, 7) is 11.7. The fourth-order valence-corrected chi connectivity index (χ4v) is 2.31. The number of nitrogens with one attached hydrogen (secondary N) is 1. The van der Waals surface area contributed by atoms with Crippen molar-refractivity contribution in [1.82, 2.24) is 5.32 Å². The Morgan fingerprint density at radius 3 is 2.33 bits per heavy atom. The zero-order valence-electron chi connectivity index (χ0n) is 15.2. The number of allylic oxidation sites excluding steroid dienone is 2. The molecule has 1 atom stereocenters. The molecule has 5 heteroatoms. The SMILES string of the molecule is C=CCCCCC[C@H](NC(=O)OCC(C)(C)CCCC=C)C(=O)O. The van der Waals surface area contributed by atoms with Crippen molar-refractivity contribution in [2.45, 2.75) is 71.3 Å².